The zero-order chi connectivity index (χ0) is 9.10. The van der Waals surface area contributed by atoms with Crippen LogP contribution in [-0.4, -0.2) is 18.9 Å². The Morgan fingerprint density at radius 2 is 2.46 bits per heavy atom. The lowest BCUT2D eigenvalue weighted by molar-refractivity contribution is -0.119. The number of rotatable bonds is 4. The smallest absolute Gasteiger partial charge is 0.140 e. The van der Waals surface area contributed by atoms with E-state index in [-0.39, 0.29) is 5.78 Å². The molecule has 1 N–H and O–H groups in total. The molecule has 0 aromatic carbocycles. The van der Waals surface area contributed by atoms with Crippen LogP contribution < -0.4 is 5.32 Å². The first kappa shape index (κ1) is 8.51. The molecule has 0 atom stereocenters. The lowest BCUT2D eigenvalue weighted by Gasteiger charge is -2.26. The van der Waals surface area contributed by atoms with E-state index in [1.165, 1.54) is 0 Å². The molecule has 0 aliphatic carbocycles. The van der Waals surface area contributed by atoms with Crippen molar-refractivity contribution >= 4 is 5.78 Å². The van der Waals surface area contributed by atoms with E-state index in [1.807, 2.05) is 12.1 Å². The Bertz CT molecular complexity index is 275. The SMILES string of the molecule is O=C(Cc1ccco1)CC1CNC1. The molecule has 0 spiro atoms. The molecule has 0 amide bonds. The largest absolute Gasteiger partial charge is 0.469 e. The van der Waals surface area contributed by atoms with E-state index in [2.05, 4.69) is 5.32 Å². The van der Waals surface area contributed by atoms with Crippen molar-refractivity contribution in [2.75, 3.05) is 13.1 Å². The molecule has 2 rings (SSSR count). The molecular weight excluding hydrogens is 166 g/mol. The van der Waals surface area contributed by atoms with Gasteiger partial charge in [0.25, 0.3) is 0 Å². The minimum absolute atomic E-state index is 0.279. The lowest BCUT2D eigenvalue weighted by Crippen LogP contribution is -2.43. The zero-order valence-corrected chi connectivity index (χ0v) is 7.45. The highest BCUT2D eigenvalue weighted by Crippen LogP contribution is 2.11. The van der Waals surface area contributed by atoms with E-state index in [1.54, 1.807) is 6.26 Å². The van der Waals surface area contributed by atoms with Crippen molar-refractivity contribution in [2.24, 2.45) is 5.92 Å². The maximum Gasteiger partial charge on any atom is 0.140 e. The van der Waals surface area contributed by atoms with Gasteiger partial charge in [0.15, 0.2) is 0 Å². The van der Waals surface area contributed by atoms with E-state index in [0.717, 1.165) is 18.8 Å². The van der Waals surface area contributed by atoms with Gasteiger partial charge in [0, 0.05) is 6.42 Å². The van der Waals surface area contributed by atoms with Gasteiger partial charge in [-0.3, -0.25) is 4.79 Å². The number of hydrogen-bond acceptors (Lipinski definition) is 3. The summed E-state index contributed by atoms with van der Waals surface area (Å²) in [5.74, 6) is 1.61. The normalized spacial score (nSPS) is 16.9. The van der Waals surface area contributed by atoms with Crippen LogP contribution in [0.25, 0.3) is 0 Å². The van der Waals surface area contributed by atoms with Crippen LogP contribution in [0.3, 0.4) is 0 Å². The average Bonchev–Trinajstić information content (AvgIpc) is 2.49. The molecule has 3 heteroatoms. The molecule has 1 aromatic rings. The summed E-state index contributed by atoms with van der Waals surface area (Å²) in [5.41, 5.74) is 0. The highest BCUT2D eigenvalue weighted by Gasteiger charge is 2.20. The van der Waals surface area contributed by atoms with Crippen LogP contribution in [0.2, 0.25) is 0 Å². The van der Waals surface area contributed by atoms with Gasteiger partial charge in [0.1, 0.15) is 11.5 Å². The van der Waals surface area contributed by atoms with Crippen LogP contribution >= 0.6 is 0 Å². The molecule has 1 fully saturated rings. The summed E-state index contributed by atoms with van der Waals surface area (Å²) in [7, 11) is 0. The van der Waals surface area contributed by atoms with Gasteiger partial charge in [-0.05, 0) is 31.1 Å². The first-order valence-corrected chi connectivity index (χ1v) is 4.59. The molecule has 2 heterocycles. The van der Waals surface area contributed by atoms with Crippen molar-refractivity contribution in [2.45, 2.75) is 12.8 Å². The number of nitrogens with one attached hydrogen (secondary N) is 1. The van der Waals surface area contributed by atoms with Gasteiger partial charge in [0.2, 0.25) is 0 Å². The van der Waals surface area contributed by atoms with Gasteiger partial charge >= 0.3 is 0 Å². The van der Waals surface area contributed by atoms with Crippen LogP contribution in [0.4, 0.5) is 0 Å². The van der Waals surface area contributed by atoms with Crippen molar-refractivity contribution < 1.29 is 9.21 Å². The third-order valence-electron chi connectivity index (χ3n) is 2.33. The molecular formula is C10H13NO2. The first-order valence-electron chi connectivity index (χ1n) is 4.59. The van der Waals surface area contributed by atoms with E-state index in [9.17, 15) is 4.79 Å². The number of Topliss-reactive ketones (excluding diaryl/α,β-unsaturated/α-hetero) is 1. The van der Waals surface area contributed by atoms with Crippen molar-refractivity contribution in [3.63, 3.8) is 0 Å². The maximum absolute atomic E-state index is 11.4. The summed E-state index contributed by atoms with van der Waals surface area (Å²) < 4.78 is 5.10. The Morgan fingerprint density at radius 1 is 1.62 bits per heavy atom. The highest BCUT2D eigenvalue weighted by molar-refractivity contribution is 5.80. The molecule has 3 nitrogen and oxygen atoms in total. The first-order chi connectivity index (χ1) is 6.34. The van der Waals surface area contributed by atoms with Crippen LogP contribution in [0.1, 0.15) is 12.2 Å². The van der Waals surface area contributed by atoms with Gasteiger partial charge in [-0.15, -0.1) is 0 Å². The number of carbonyl (C=O) groups excluding carboxylic acids is 1. The lowest BCUT2D eigenvalue weighted by atomic mass is 9.95. The van der Waals surface area contributed by atoms with E-state index < -0.39 is 0 Å². The van der Waals surface area contributed by atoms with E-state index in [4.69, 9.17) is 4.42 Å². The predicted octanol–water partition coefficient (Wildman–Crippen LogP) is 1.00. The molecule has 0 bridgehead atoms. The van der Waals surface area contributed by atoms with Crippen LogP contribution in [-0.2, 0) is 11.2 Å². The van der Waals surface area contributed by atoms with E-state index >= 15 is 0 Å². The maximum atomic E-state index is 11.4. The summed E-state index contributed by atoms with van der Waals surface area (Å²) in [6, 6.07) is 3.66. The minimum Gasteiger partial charge on any atom is -0.469 e. The molecule has 1 aromatic heterocycles. The third-order valence-corrected chi connectivity index (χ3v) is 2.33. The Kier molecular flexibility index (Phi) is 2.45. The topological polar surface area (TPSA) is 42.2 Å². The monoisotopic (exact) mass is 179 g/mol. The summed E-state index contributed by atoms with van der Waals surface area (Å²) in [4.78, 5) is 11.4. The molecule has 13 heavy (non-hydrogen) atoms. The molecule has 0 unspecified atom stereocenters. The second-order valence-corrected chi connectivity index (χ2v) is 3.52. The third kappa shape index (κ3) is 2.18. The van der Waals surface area contributed by atoms with Crippen molar-refractivity contribution in [1.82, 2.24) is 5.32 Å². The number of hydrogen-bond donors (Lipinski definition) is 1. The summed E-state index contributed by atoms with van der Waals surface area (Å²) >= 11 is 0. The van der Waals surface area contributed by atoms with Crippen molar-refractivity contribution in [3.05, 3.63) is 24.2 Å². The van der Waals surface area contributed by atoms with Crippen molar-refractivity contribution in [1.29, 1.82) is 0 Å². The van der Waals surface area contributed by atoms with Crippen LogP contribution in [0.5, 0.6) is 0 Å². The molecule has 1 aliphatic rings. The molecule has 0 saturated carbocycles. The zero-order valence-electron chi connectivity index (χ0n) is 7.45. The van der Waals surface area contributed by atoms with Crippen molar-refractivity contribution in [3.8, 4) is 0 Å². The van der Waals surface area contributed by atoms with Gasteiger partial charge in [-0.1, -0.05) is 0 Å². The number of carbonyl (C=O) groups is 1. The summed E-state index contributed by atoms with van der Waals surface area (Å²) in [6.45, 7) is 1.98. The summed E-state index contributed by atoms with van der Waals surface area (Å²) in [6.07, 6.45) is 2.74. The Balaban J connectivity index is 1.78. The van der Waals surface area contributed by atoms with Gasteiger partial charge in [-0.25, -0.2) is 0 Å². The fourth-order valence-corrected chi connectivity index (χ4v) is 1.49. The quantitative estimate of drug-likeness (QED) is 0.749. The van der Waals surface area contributed by atoms with Gasteiger partial charge in [0.05, 0.1) is 12.7 Å². The average molecular weight is 179 g/mol. The fraction of sp³-hybridized carbons (Fsp3) is 0.500. The molecule has 70 valence electrons. The standard InChI is InChI=1S/C10H13NO2/c12-9(4-8-6-11-7-8)5-10-2-1-3-13-10/h1-3,8,11H,4-7H2. The Hall–Kier alpha value is -1.09. The second kappa shape index (κ2) is 3.75. The van der Waals surface area contributed by atoms with Gasteiger partial charge < -0.3 is 9.73 Å². The van der Waals surface area contributed by atoms with Gasteiger partial charge in [-0.2, -0.15) is 0 Å². The van der Waals surface area contributed by atoms with Crippen LogP contribution in [0.15, 0.2) is 22.8 Å². The second-order valence-electron chi connectivity index (χ2n) is 3.52. The van der Waals surface area contributed by atoms with E-state index in [0.29, 0.717) is 18.8 Å². The summed E-state index contributed by atoms with van der Waals surface area (Å²) in [5, 5.41) is 3.15. The van der Waals surface area contributed by atoms with Crippen LogP contribution in [0, 0.1) is 5.92 Å². The number of furan rings is 1. The minimum atomic E-state index is 0.279. The Morgan fingerprint density at radius 3 is 3.00 bits per heavy atom. The molecule has 1 saturated heterocycles. The Labute approximate surface area is 77.1 Å². The highest BCUT2D eigenvalue weighted by atomic mass is 16.3. The molecule has 1 aliphatic heterocycles. The molecule has 0 radical (unpaired) electrons. The fourth-order valence-electron chi connectivity index (χ4n) is 1.49. The number of ketones is 1. The predicted molar refractivity (Wildman–Crippen MR) is 48.4 cm³/mol.